The van der Waals surface area contributed by atoms with Crippen LogP contribution < -0.4 is 0 Å². The molecule has 0 aromatic carbocycles. The smallest absolute Gasteiger partial charge is 0.463 e. The largest absolute Gasteiger partial charge is 0.472 e. The monoisotopic (exact) mass is 1620 g/mol. The molecule has 0 aliphatic heterocycles. The highest BCUT2D eigenvalue weighted by Gasteiger charge is 2.29. The number of aliphatic hydroxyl groups excluding tert-OH is 2. The minimum atomic E-state index is -4.95. The van der Waals surface area contributed by atoms with Gasteiger partial charge in [0.15, 0.2) is 6.10 Å². The third-order valence-corrected chi connectivity index (χ3v) is 20.6. The molecule has 0 heterocycles. The van der Waals surface area contributed by atoms with Crippen molar-refractivity contribution in [1.82, 2.24) is 0 Å². The molecule has 0 aromatic heterocycles. The summed E-state index contributed by atoms with van der Waals surface area (Å²) in [7, 11) is -9.82. The molecule has 0 aliphatic carbocycles. The van der Waals surface area contributed by atoms with Crippen molar-refractivity contribution in [3.63, 3.8) is 0 Å². The quantitative estimate of drug-likeness (QED) is 0.0146. The standard InChI is InChI=1S/C95H162O16P2/c1-4-7-10-13-16-19-22-25-28-31-34-36-38-40-42-43-44-45-47-49-50-52-55-57-60-63-66-69-72-75-78-81-93(98)105-84-90(96)85-107-112(101,102)108-86-91(97)87-109-113(103,104)110-89-92(111-95(100)83-80-77-74-71-68-65-62-59-54-33-30-27-24-21-18-15-12-9-6-3)88-106-94(99)82-79-76-73-70-67-64-61-58-56-53-51-48-46-41-39-37-35-32-29-26-23-20-17-14-11-8-5-2/h9,12,16-21,25-30,34-37,40-42,46,54,59,65,68,90-92,96-97H,4-8,10-11,13-15,22-24,31-33,38-39,43-45,47-53,55-58,60-64,66-67,69-89H2,1-3H3,(H,101,102)(H,103,104)/b12-9-,19-16-,20-17-,21-18-,28-25-,29-26-,30-27-,36-34-,37-35-,42-40-,46-41-,59-54-,68-65-. The van der Waals surface area contributed by atoms with Gasteiger partial charge in [0.1, 0.15) is 25.4 Å². The van der Waals surface area contributed by atoms with Crippen molar-refractivity contribution in [2.45, 2.75) is 386 Å². The van der Waals surface area contributed by atoms with Crippen LogP contribution in [0.1, 0.15) is 367 Å². The van der Waals surface area contributed by atoms with Gasteiger partial charge in [-0.2, -0.15) is 0 Å². The van der Waals surface area contributed by atoms with Crippen LogP contribution in [0.25, 0.3) is 0 Å². The molecular formula is C95H162O16P2. The number of rotatable bonds is 84. The van der Waals surface area contributed by atoms with Crippen molar-refractivity contribution in [2.24, 2.45) is 0 Å². The molecule has 5 unspecified atom stereocenters. The summed E-state index contributed by atoms with van der Waals surface area (Å²) < 4.78 is 61.4. The fraction of sp³-hybridized carbons (Fsp3) is 0.695. The van der Waals surface area contributed by atoms with Crippen molar-refractivity contribution < 1.29 is 75.8 Å². The second-order valence-electron chi connectivity index (χ2n) is 29.7. The minimum Gasteiger partial charge on any atom is -0.463 e. The fourth-order valence-electron chi connectivity index (χ4n) is 11.9. The maximum Gasteiger partial charge on any atom is 0.472 e. The van der Waals surface area contributed by atoms with Crippen molar-refractivity contribution >= 4 is 33.6 Å². The van der Waals surface area contributed by atoms with Crippen molar-refractivity contribution in [1.29, 1.82) is 0 Å². The molecular weight excluding hydrogens is 1460 g/mol. The van der Waals surface area contributed by atoms with Gasteiger partial charge in [-0.05, 0) is 154 Å². The number of ether oxygens (including phenoxy) is 3. The molecule has 0 saturated heterocycles. The van der Waals surface area contributed by atoms with E-state index in [1.54, 1.807) is 0 Å². The van der Waals surface area contributed by atoms with E-state index in [4.69, 9.17) is 32.3 Å². The van der Waals surface area contributed by atoms with Crippen LogP contribution in [0.4, 0.5) is 0 Å². The number of carbonyl (C=O) groups excluding carboxylic acids is 3. The van der Waals surface area contributed by atoms with Crippen LogP contribution in [0.5, 0.6) is 0 Å². The van der Waals surface area contributed by atoms with Crippen molar-refractivity contribution in [2.75, 3.05) is 39.6 Å². The number of hydrogen-bond donors (Lipinski definition) is 4. The van der Waals surface area contributed by atoms with Crippen molar-refractivity contribution in [3.8, 4) is 0 Å². The Bertz CT molecular complexity index is 2680. The summed E-state index contributed by atoms with van der Waals surface area (Å²) >= 11 is 0. The zero-order valence-corrected chi connectivity index (χ0v) is 73.0. The lowest BCUT2D eigenvalue weighted by atomic mass is 10.0. The average molecular weight is 1620 g/mol. The van der Waals surface area contributed by atoms with Gasteiger partial charge in [0.25, 0.3) is 0 Å². The molecule has 5 atom stereocenters. The Balaban J connectivity index is 4.59. The lowest BCUT2D eigenvalue weighted by molar-refractivity contribution is -0.161. The SMILES string of the molecule is CC/C=C\C/C=C\C/C=C\C/C=C\C/C=C\CCCCCC(=O)OC(COC(=O)CCCCCCCCCCCCC/C=C\C/C=C\C/C=C\C/C=C\CCCCC)COP(=O)(O)OCC(O)COP(=O)(O)OCC(O)COC(=O)CCCCCCCCCCCCCCCCC/C=C\C/C=C\C/C=C\C/C=C\CCCCC. The number of hydrogen-bond acceptors (Lipinski definition) is 14. The highest BCUT2D eigenvalue weighted by atomic mass is 31.2. The molecule has 18 heteroatoms. The second kappa shape index (κ2) is 86.5. The van der Waals surface area contributed by atoms with E-state index < -0.39 is 91.5 Å². The zero-order valence-electron chi connectivity index (χ0n) is 71.3. The van der Waals surface area contributed by atoms with Crippen LogP contribution in [-0.2, 0) is 55.8 Å². The van der Waals surface area contributed by atoms with Gasteiger partial charge in [0, 0.05) is 19.3 Å². The normalized spacial score (nSPS) is 14.6. The van der Waals surface area contributed by atoms with Gasteiger partial charge in [-0.3, -0.25) is 32.5 Å². The van der Waals surface area contributed by atoms with Gasteiger partial charge in [0.05, 0.1) is 26.4 Å². The first kappa shape index (κ1) is 108. The molecule has 0 radical (unpaired) electrons. The number of unbranched alkanes of at least 4 members (excludes halogenated alkanes) is 35. The number of phosphoric acid groups is 2. The predicted octanol–water partition coefficient (Wildman–Crippen LogP) is 27.3. The van der Waals surface area contributed by atoms with E-state index >= 15 is 0 Å². The molecule has 0 fully saturated rings. The molecule has 16 nitrogen and oxygen atoms in total. The summed E-state index contributed by atoms with van der Waals surface area (Å²) in [5.74, 6) is -1.61. The third kappa shape index (κ3) is 87.8. The Morgan fingerprint density at radius 3 is 0.752 bits per heavy atom. The summed E-state index contributed by atoms with van der Waals surface area (Å²) in [6.07, 6.45) is 110. The van der Waals surface area contributed by atoms with Crippen LogP contribution in [0.2, 0.25) is 0 Å². The number of carbonyl (C=O) groups is 3. The highest BCUT2D eigenvalue weighted by molar-refractivity contribution is 7.47. The summed E-state index contributed by atoms with van der Waals surface area (Å²) in [6.45, 7) is 2.50. The summed E-state index contributed by atoms with van der Waals surface area (Å²) in [5, 5.41) is 20.7. The number of aliphatic hydroxyl groups is 2. The van der Waals surface area contributed by atoms with Gasteiger partial charge < -0.3 is 34.2 Å². The molecule has 0 saturated carbocycles. The Morgan fingerprint density at radius 2 is 0.469 bits per heavy atom. The van der Waals surface area contributed by atoms with E-state index in [0.29, 0.717) is 19.3 Å². The average Bonchev–Trinajstić information content (AvgIpc) is 0.902. The van der Waals surface area contributed by atoms with E-state index in [0.717, 1.165) is 141 Å². The Hall–Kier alpha value is -4.83. The van der Waals surface area contributed by atoms with Crippen LogP contribution in [-0.4, -0.2) is 95.9 Å². The Morgan fingerprint density at radius 1 is 0.257 bits per heavy atom. The summed E-state index contributed by atoms with van der Waals surface area (Å²) in [6, 6.07) is 0. The first-order chi connectivity index (χ1) is 55.2. The first-order valence-electron chi connectivity index (χ1n) is 44.8. The second-order valence-corrected chi connectivity index (χ2v) is 32.6. The topological polar surface area (TPSA) is 231 Å². The fourth-order valence-corrected chi connectivity index (χ4v) is 13.5. The number of esters is 3. The number of allylic oxidation sites excluding steroid dienone is 26. The van der Waals surface area contributed by atoms with Crippen LogP contribution in [0.3, 0.4) is 0 Å². The number of phosphoric ester groups is 2. The van der Waals surface area contributed by atoms with Crippen molar-refractivity contribution in [3.05, 3.63) is 158 Å². The van der Waals surface area contributed by atoms with E-state index in [2.05, 4.69) is 179 Å². The maximum atomic E-state index is 13.0. The Kier molecular flexibility index (Phi) is 82.8. The minimum absolute atomic E-state index is 0.0608. The molecule has 0 bridgehead atoms. The third-order valence-electron chi connectivity index (χ3n) is 18.7. The molecule has 0 amide bonds. The molecule has 0 rings (SSSR count). The van der Waals surface area contributed by atoms with Gasteiger partial charge in [-0.15, -0.1) is 0 Å². The van der Waals surface area contributed by atoms with E-state index in [9.17, 15) is 43.5 Å². The summed E-state index contributed by atoms with van der Waals surface area (Å²) in [4.78, 5) is 58.9. The lowest BCUT2D eigenvalue weighted by Gasteiger charge is -2.21. The van der Waals surface area contributed by atoms with Gasteiger partial charge in [-0.25, -0.2) is 9.13 Å². The van der Waals surface area contributed by atoms with E-state index in [-0.39, 0.29) is 19.3 Å². The molecule has 0 spiro atoms. The molecule has 0 aliphatic rings. The van der Waals surface area contributed by atoms with Gasteiger partial charge in [-0.1, -0.05) is 352 Å². The lowest BCUT2D eigenvalue weighted by Crippen LogP contribution is -2.30. The Labute approximate surface area is 689 Å². The first-order valence-corrected chi connectivity index (χ1v) is 47.8. The predicted molar refractivity (Wildman–Crippen MR) is 472 cm³/mol. The van der Waals surface area contributed by atoms with Crippen LogP contribution in [0, 0.1) is 0 Å². The van der Waals surface area contributed by atoms with Crippen LogP contribution >= 0.6 is 15.6 Å². The molecule has 0 aromatic rings. The van der Waals surface area contributed by atoms with E-state index in [1.807, 2.05) is 0 Å². The van der Waals surface area contributed by atoms with Gasteiger partial charge in [0.2, 0.25) is 0 Å². The van der Waals surface area contributed by atoms with Crippen LogP contribution in [0.15, 0.2) is 158 Å². The highest BCUT2D eigenvalue weighted by Crippen LogP contribution is 2.45. The molecule has 113 heavy (non-hydrogen) atoms. The molecule has 4 N–H and O–H groups in total. The van der Waals surface area contributed by atoms with E-state index in [1.165, 1.54) is 167 Å². The molecule has 648 valence electrons. The maximum absolute atomic E-state index is 13.0. The summed E-state index contributed by atoms with van der Waals surface area (Å²) in [5.41, 5.74) is 0. The van der Waals surface area contributed by atoms with Gasteiger partial charge >= 0.3 is 33.6 Å². The zero-order chi connectivity index (χ0) is 82.2.